The van der Waals surface area contributed by atoms with Gasteiger partial charge in [0.15, 0.2) is 5.82 Å². The van der Waals surface area contributed by atoms with Gasteiger partial charge in [-0.15, -0.1) is 0 Å². The minimum atomic E-state index is 0.337. The minimum Gasteiger partial charge on any atom is -0.338 e. The summed E-state index contributed by atoms with van der Waals surface area (Å²) in [5.74, 6) is 2.72. The fraction of sp³-hybridized carbons (Fsp3) is 0.867. The van der Waals surface area contributed by atoms with Crippen LogP contribution in [-0.2, 0) is 6.54 Å². The van der Waals surface area contributed by atoms with Gasteiger partial charge in [0, 0.05) is 18.5 Å². The molecule has 0 bridgehead atoms. The first-order valence-electron chi connectivity index (χ1n) is 7.99. The molecule has 1 saturated carbocycles. The first-order valence-corrected chi connectivity index (χ1v) is 7.99. The number of nitrogens with zero attached hydrogens (tertiary/aromatic N) is 3. The van der Waals surface area contributed by atoms with Crippen LogP contribution < -0.4 is 5.32 Å². The van der Waals surface area contributed by atoms with Gasteiger partial charge in [-0.25, -0.2) is 0 Å². The van der Waals surface area contributed by atoms with Crippen molar-refractivity contribution in [2.45, 2.75) is 58.0 Å². The Kier molecular flexibility index (Phi) is 4.36. The lowest BCUT2D eigenvalue weighted by atomic mass is 9.99. The average molecular weight is 278 g/mol. The van der Waals surface area contributed by atoms with E-state index in [-0.39, 0.29) is 0 Å². The summed E-state index contributed by atoms with van der Waals surface area (Å²) >= 11 is 0. The van der Waals surface area contributed by atoms with Crippen molar-refractivity contribution in [1.82, 2.24) is 20.4 Å². The van der Waals surface area contributed by atoms with E-state index in [1.165, 1.54) is 32.2 Å². The average Bonchev–Trinajstić information content (AvgIpc) is 3.19. The second-order valence-corrected chi connectivity index (χ2v) is 6.57. The number of hydrogen-bond donors (Lipinski definition) is 1. The Morgan fingerprint density at radius 1 is 1.35 bits per heavy atom. The highest BCUT2D eigenvalue weighted by Crippen LogP contribution is 2.29. The summed E-state index contributed by atoms with van der Waals surface area (Å²) in [6, 6.07) is 0.742. The number of aromatic nitrogens is 2. The standard InChI is InChI=1S/C15H26N4O/c1-11(2)15-17-14(20-18-15)10-19(13-5-6-13)9-12-4-3-7-16-8-12/h11-13,16H,3-10H2,1-2H3. The van der Waals surface area contributed by atoms with E-state index in [1.54, 1.807) is 0 Å². The van der Waals surface area contributed by atoms with Gasteiger partial charge >= 0.3 is 0 Å². The molecule has 20 heavy (non-hydrogen) atoms. The molecule has 2 heterocycles. The Morgan fingerprint density at radius 2 is 2.20 bits per heavy atom. The summed E-state index contributed by atoms with van der Waals surface area (Å²) < 4.78 is 5.41. The van der Waals surface area contributed by atoms with Crippen molar-refractivity contribution in [2.24, 2.45) is 5.92 Å². The van der Waals surface area contributed by atoms with Crippen molar-refractivity contribution in [3.63, 3.8) is 0 Å². The molecule has 1 N–H and O–H groups in total. The van der Waals surface area contributed by atoms with Gasteiger partial charge in [-0.1, -0.05) is 19.0 Å². The molecule has 0 amide bonds. The summed E-state index contributed by atoms with van der Waals surface area (Å²) in [5, 5.41) is 7.57. The highest BCUT2D eigenvalue weighted by Gasteiger charge is 2.32. The monoisotopic (exact) mass is 278 g/mol. The van der Waals surface area contributed by atoms with Crippen molar-refractivity contribution >= 4 is 0 Å². The second kappa shape index (κ2) is 6.22. The van der Waals surface area contributed by atoms with Crippen LogP contribution in [0.1, 0.15) is 57.2 Å². The molecule has 5 heteroatoms. The van der Waals surface area contributed by atoms with Gasteiger partial charge in [0.25, 0.3) is 0 Å². The maximum absolute atomic E-state index is 5.41. The van der Waals surface area contributed by atoms with Crippen LogP contribution in [0.2, 0.25) is 0 Å². The number of nitrogens with one attached hydrogen (secondary N) is 1. The van der Waals surface area contributed by atoms with Crippen LogP contribution in [0.4, 0.5) is 0 Å². The van der Waals surface area contributed by atoms with Gasteiger partial charge in [-0.2, -0.15) is 4.98 Å². The number of piperidine rings is 1. The minimum absolute atomic E-state index is 0.337. The highest BCUT2D eigenvalue weighted by molar-refractivity contribution is 4.94. The number of hydrogen-bond acceptors (Lipinski definition) is 5. The molecule has 3 rings (SSSR count). The maximum atomic E-state index is 5.41. The molecule has 1 atom stereocenters. The van der Waals surface area contributed by atoms with E-state index in [4.69, 9.17) is 4.52 Å². The summed E-state index contributed by atoms with van der Waals surface area (Å²) in [6.45, 7) is 8.52. The number of rotatable bonds is 6. The maximum Gasteiger partial charge on any atom is 0.240 e. The summed E-state index contributed by atoms with van der Waals surface area (Å²) in [6.07, 6.45) is 5.30. The van der Waals surface area contributed by atoms with Crippen molar-refractivity contribution in [3.05, 3.63) is 11.7 Å². The van der Waals surface area contributed by atoms with Crippen LogP contribution in [-0.4, -0.2) is 40.7 Å². The van der Waals surface area contributed by atoms with Gasteiger partial charge in [-0.05, 0) is 44.7 Å². The third-order valence-corrected chi connectivity index (χ3v) is 4.29. The third kappa shape index (κ3) is 3.58. The van der Waals surface area contributed by atoms with Crippen LogP contribution in [0.3, 0.4) is 0 Å². The van der Waals surface area contributed by atoms with E-state index in [0.29, 0.717) is 5.92 Å². The highest BCUT2D eigenvalue weighted by atomic mass is 16.5. The molecule has 2 fully saturated rings. The van der Waals surface area contributed by atoms with Crippen molar-refractivity contribution in [3.8, 4) is 0 Å². The van der Waals surface area contributed by atoms with Crippen LogP contribution in [0.15, 0.2) is 4.52 Å². The zero-order valence-corrected chi connectivity index (χ0v) is 12.6. The lowest BCUT2D eigenvalue weighted by molar-refractivity contribution is 0.172. The first kappa shape index (κ1) is 14.0. The molecule has 0 spiro atoms. The fourth-order valence-corrected chi connectivity index (χ4v) is 2.93. The molecule has 1 aliphatic carbocycles. The molecule has 2 aliphatic rings. The molecule has 1 aliphatic heterocycles. The van der Waals surface area contributed by atoms with Crippen LogP contribution in [0.5, 0.6) is 0 Å². The molecule has 0 aromatic carbocycles. The summed E-state index contributed by atoms with van der Waals surface area (Å²) in [5.41, 5.74) is 0. The molecular weight excluding hydrogens is 252 g/mol. The SMILES string of the molecule is CC(C)c1noc(CN(CC2CCCNC2)C2CC2)n1. The van der Waals surface area contributed by atoms with Crippen molar-refractivity contribution in [1.29, 1.82) is 0 Å². The fourth-order valence-electron chi connectivity index (χ4n) is 2.93. The summed E-state index contributed by atoms with van der Waals surface area (Å²) in [7, 11) is 0. The quantitative estimate of drug-likeness (QED) is 0.864. The van der Waals surface area contributed by atoms with Gasteiger partial charge < -0.3 is 9.84 Å². The van der Waals surface area contributed by atoms with Gasteiger partial charge in [-0.3, -0.25) is 4.90 Å². The molecule has 1 saturated heterocycles. The van der Waals surface area contributed by atoms with Crippen LogP contribution in [0, 0.1) is 5.92 Å². The molecule has 0 radical (unpaired) electrons. The second-order valence-electron chi connectivity index (χ2n) is 6.57. The predicted molar refractivity (Wildman–Crippen MR) is 77.4 cm³/mol. The lowest BCUT2D eigenvalue weighted by Gasteiger charge is -2.29. The largest absolute Gasteiger partial charge is 0.338 e. The smallest absolute Gasteiger partial charge is 0.240 e. The van der Waals surface area contributed by atoms with Crippen LogP contribution in [0.25, 0.3) is 0 Å². The lowest BCUT2D eigenvalue weighted by Crippen LogP contribution is -2.39. The zero-order chi connectivity index (χ0) is 13.9. The Morgan fingerprint density at radius 3 is 2.80 bits per heavy atom. The molecular formula is C15H26N4O. The van der Waals surface area contributed by atoms with Gasteiger partial charge in [0.05, 0.1) is 6.54 Å². The Bertz CT molecular complexity index is 421. The van der Waals surface area contributed by atoms with Gasteiger partial charge in [0.1, 0.15) is 0 Å². The van der Waals surface area contributed by atoms with Crippen molar-refractivity contribution < 1.29 is 4.52 Å². The van der Waals surface area contributed by atoms with Crippen molar-refractivity contribution in [2.75, 3.05) is 19.6 Å². The van der Waals surface area contributed by atoms with Gasteiger partial charge in [0.2, 0.25) is 5.89 Å². The summed E-state index contributed by atoms with van der Waals surface area (Å²) in [4.78, 5) is 7.07. The zero-order valence-electron chi connectivity index (χ0n) is 12.6. The first-order chi connectivity index (χ1) is 9.72. The molecule has 1 aromatic heterocycles. The van der Waals surface area contributed by atoms with E-state index in [0.717, 1.165) is 43.3 Å². The molecule has 5 nitrogen and oxygen atoms in total. The molecule has 1 aromatic rings. The van der Waals surface area contributed by atoms with E-state index in [1.807, 2.05) is 0 Å². The third-order valence-electron chi connectivity index (χ3n) is 4.29. The van der Waals surface area contributed by atoms with E-state index in [9.17, 15) is 0 Å². The Balaban J connectivity index is 1.58. The van der Waals surface area contributed by atoms with E-state index >= 15 is 0 Å². The predicted octanol–water partition coefficient (Wildman–Crippen LogP) is 2.16. The van der Waals surface area contributed by atoms with E-state index < -0.39 is 0 Å². The Hall–Kier alpha value is -0.940. The van der Waals surface area contributed by atoms with E-state index in [2.05, 4.69) is 34.2 Å². The van der Waals surface area contributed by atoms with Crippen LogP contribution >= 0.6 is 0 Å². The normalized spacial score (nSPS) is 23.7. The molecule has 112 valence electrons. The Labute approximate surface area is 121 Å². The molecule has 1 unspecified atom stereocenters. The topological polar surface area (TPSA) is 54.2 Å².